The summed E-state index contributed by atoms with van der Waals surface area (Å²) in [5, 5.41) is 22.3. The smallest absolute Gasteiger partial charge is 0.414 e. The maximum absolute atomic E-state index is 12.7. The summed E-state index contributed by atoms with van der Waals surface area (Å²) in [5.41, 5.74) is 0.0208. The Hall–Kier alpha value is -3.86. The van der Waals surface area contributed by atoms with Crippen LogP contribution in [0.4, 0.5) is 10.5 Å². The normalized spacial score (nSPS) is 10.5. The first kappa shape index (κ1) is 20.5. The average molecular weight is 380 g/mol. The number of hydrogen-bond donors (Lipinski definition) is 4. The van der Waals surface area contributed by atoms with Crippen molar-refractivity contribution < 1.29 is 19.4 Å². The molecule has 0 atom stereocenters. The molecule has 4 N–H and O–H groups in total. The van der Waals surface area contributed by atoms with Crippen LogP contribution in [0.1, 0.15) is 31.1 Å². The molecule has 0 aromatic heterocycles. The molecule has 8 nitrogen and oxygen atoms in total. The van der Waals surface area contributed by atoms with Crippen LogP contribution in [0.5, 0.6) is 5.75 Å². The van der Waals surface area contributed by atoms with Gasteiger partial charge in [0.2, 0.25) is 5.96 Å². The van der Waals surface area contributed by atoms with E-state index in [0.717, 1.165) is 0 Å². The Labute approximate surface area is 162 Å². The van der Waals surface area contributed by atoms with Crippen LogP contribution in [0.3, 0.4) is 0 Å². The Morgan fingerprint density at radius 1 is 1.11 bits per heavy atom. The van der Waals surface area contributed by atoms with E-state index in [4.69, 9.17) is 16.7 Å². The van der Waals surface area contributed by atoms with E-state index < -0.39 is 23.6 Å². The third-order valence-electron chi connectivity index (χ3n) is 3.44. The quantitative estimate of drug-likeness (QED) is 0.360. The van der Waals surface area contributed by atoms with E-state index >= 15 is 0 Å². The van der Waals surface area contributed by atoms with Crippen LogP contribution in [-0.2, 0) is 4.74 Å². The van der Waals surface area contributed by atoms with Crippen molar-refractivity contribution >= 4 is 23.6 Å². The lowest BCUT2D eigenvalue weighted by Crippen LogP contribution is -2.45. The fraction of sp³-hybridized carbons (Fsp3) is 0.200. The minimum atomic E-state index is -0.903. The maximum Gasteiger partial charge on any atom is 0.414 e. The SMILES string of the molecule is [C-]#[N+]c1ccc(O)c(C(=O)NC(=N)NC(=O)OC(C)(C)C)c1-c1ccccc1. The molecule has 0 aliphatic heterocycles. The van der Waals surface area contributed by atoms with Crippen molar-refractivity contribution in [3.05, 3.63) is 59.4 Å². The molecule has 0 aliphatic carbocycles. The monoisotopic (exact) mass is 380 g/mol. The molecular weight excluding hydrogens is 360 g/mol. The van der Waals surface area contributed by atoms with Crippen LogP contribution in [0.25, 0.3) is 16.0 Å². The van der Waals surface area contributed by atoms with Gasteiger partial charge in [-0.15, -0.1) is 0 Å². The third kappa shape index (κ3) is 5.08. The highest BCUT2D eigenvalue weighted by Gasteiger charge is 2.23. The van der Waals surface area contributed by atoms with Crippen LogP contribution < -0.4 is 10.6 Å². The molecule has 0 radical (unpaired) electrons. The molecule has 2 amide bonds. The van der Waals surface area contributed by atoms with Crippen molar-refractivity contribution in [1.29, 1.82) is 5.41 Å². The molecule has 2 aromatic carbocycles. The van der Waals surface area contributed by atoms with E-state index in [-0.39, 0.29) is 22.6 Å². The highest BCUT2D eigenvalue weighted by atomic mass is 16.6. The van der Waals surface area contributed by atoms with Gasteiger partial charge in [-0.1, -0.05) is 36.4 Å². The lowest BCUT2D eigenvalue weighted by atomic mass is 9.96. The van der Waals surface area contributed by atoms with Crippen molar-refractivity contribution in [3.63, 3.8) is 0 Å². The van der Waals surface area contributed by atoms with Crippen molar-refractivity contribution in [1.82, 2.24) is 10.6 Å². The van der Waals surface area contributed by atoms with E-state index in [0.29, 0.717) is 5.56 Å². The number of phenols is 1. The summed E-state index contributed by atoms with van der Waals surface area (Å²) in [6.45, 7) is 12.3. The average Bonchev–Trinajstić information content (AvgIpc) is 2.60. The standard InChI is InChI=1S/C20H20N4O4/c1-20(2,3)28-19(27)24-18(21)23-17(26)16-14(25)11-10-13(22-4)15(16)12-8-6-5-7-9-12/h5-11,25H,1-3H3,(H3,21,23,24,26,27). The molecule has 0 saturated heterocycles. The molecule has 0 unspecified atom stereocenters. The molecule has 0 bridgehead atoms. The Kier molecular flexibility index (Phi) is 6.01. The van der Waals surface area contributed by atoms with Gasteiger partial charge in [-0.05, 0) is 32.4 Å². The van der Waals surface area contributed by atoms with Gasteiger partial charge >= 0.3 is 6.09 Å². The molecule has 0 fully saturated rings. The molecule has 28 heavy (non-hydrogen) atoms. The van der Waals surface area contributed by atoms with Crippen LogP contribution in [0.15, 0.2) is 42.5 Å². The summed E-state index contributed by atoms with van der Waals surface area (Å²) in [7, 11) is 0. The van der Waals surface area contributed by atoms with Gasteiger partial charge in [-0.2, -0.15) is 0 Å². The predicted octanol–water partition coefficient (Wildman–Crippen LogP) is 3.80. The van der Waals surface area contributed by atoms with Gasteiger partial charge in [-0.3, -0.25) is 20.8 Å². The fourth-order valence-corrected chi connectivity index (χ4v) is 2.41. The van der Waals surface area contributed by atoms with Crippen LogP contribution in [0.2, 0.25) is 0 Å². The zero-order valence-corrected chi connectivity index (χ0v) is 15.7. The number of rotatable bonds is 2. The van der Waals surface area contributed by atoms with Crippen LogP contribution >= 0.6 is 0 Å². The van der Waals surface area contributed by atoms with Crippen LogP contribution in [0, 0.1) is 12.0 Å². The highest BCUT2D eigenvalue weighted by molar-refractivity contribution is 6.13. The Morgan fingerprint density at radius 2 is 1.75 bits per heavy atom. The van der Waals surface area contributed by atoms with E-state index in [2.05, 4.69) is 15.5 Å². The number of hydrogen-bond acceptors (Lipinski definition) is 5. The Morgan fingerprint density at radius 3 is 2.32 bits per heavy atom. The molecule has 0 spiro atoms. The second-order valence-corrected chi connectivity index (χ2v) is 6.79. The third-order valence-corrected chi connectivity index (χ3v) is 3.44. The topological polar surface area (TPSA) is 116 Å². The van der Waals surface area contributed by atoms with Gasteiger partial charge < -0.3 is 9.84 Å². The van der Waals surface area contributed by atoms with Crippen molar-refractivity contribution in [2.45, 2.75) is 26.4 Å². The van der Waals surface area contributed by atoms with Gasteiger partial charge in [0, 0.05) is 5.56 Å². The molecule has 0 saturated carbocycles. The lowest BCUT2D eigenvalue weighted by Gasteiger charge is -2.20. The number of nitrogens with zero attached hydrogens (tertiary/aromatic N) is 1. The minimum absolute atomic E-state index is 0.167. The number of alkyl carbamates (subject to hydrolysis) is 1. The van der Waals surface area contributed by atoms with Crippen molar-refractivity contribution in [2.24, 2.45) is 0 Å². The first-order valence-corrected chi connectivity index (χ1v) is 8.31. The summed E-state index contributed by atoms with van der Waals surface area (Å²) in [5.74, 6) is -1.82. The number of aromatic hydroxyl groups is 1. The lowest BCUT2D eigenvalue weighted by molar-refractivity contribution is 0.0561. The number of carbonyl (C=O) groups excluding carboxylic acids is 2. The number of amides is 2. The predicted molar refractivity (Wildman–Crippen MR) is 104 cm³/mol. The minimum Gasteiger partial charge on any atom is -0.507 e. The molecule has 8 heteroatoms. The maximum atomic E-state index is 12.7. The number of nitrogens with one attached hydrogen (secondary N) is 3. The summed E-state index contributed by atoms with van der Waals surface area (Å²) < 4.78 is 5.02. The Balaban J connectivity index is 2.32. The van der Waals surface area contributed by atoms with Gasteiger partial charge in [0.25, 0.3) is 5.91 Å². The summed E-state index contributed by atoms with van der Waals surface area (Å²) in [6, 6.07) is 11.3. The van der Waals surface area contributed by atoms with Crippen molar-refractivity contribution in [3.8, 4) is 16.9 Å². The van der Waals surface area contributed by atoms with Gasteiger partial charge in [-0.25, -0.2) is 9.64 Å². The molecular formula is C20H20N4O4. The number of benzene rings is 2. The number of ether oxygens (including phenoxy) is 1. The molecule has 0 heterocycles. The van der Waals surface area contributed by atoms with Gasteiger partial charge in [0.15, 0.2) is 5.69 Å². The van der Waals surface area contributed by atoms with Crippen LogP contribution in [-0.4, -0.2) is 28.7 Å². The summed E-state index contributed by atoms with van der Waals surface area (Å²) in [6.07, 6.45) is -0.903. The molecule has 2 rings (SSSR count). The molecule has 0 aliphatic rings. The first-order valence-electron chi connectivity index (χ1n) is 8.31. The summed E-state index contributed by atoms with van der Waals surface area (Å²) in [4.78, 5) is 27.8. The van der Waals surface area contributed by atoms with E-state index in [1.165, 1.54) is 12.1 Å². The molecule has 144 valence electrons. The zero-order chi connectivity index (χ0) is 20.9. The molecule has 2 aromatic rings. The summed E-state index contributed by atoms with van der Waals surface area (Å²) >= 11 is 0. The highest BCUT2D eigenvalue weighted by Crippen LogP contribution is 2.38. The van der Waals surface area contributed by atoms with Crippen molar-refractivity contribution in [2.75, 3.05) is 0 Å². The fourth-order valence-electron chi connectivity index (χ4n) is 2.41. The second kappa shape index (κ2) is 8.22. The zero-order valence-electron chi connectivity index (χ0n) is 15.7. The number of phenolic OH excluding ortho intramolecular Hbond substituents is 1. The number of carbonyl (C=O) groups is 2. The number of guanidine groups is 1. The second-order valence-electron chi connectivity index (χ2n) is 6.79. The first-order chi connectivity index (χ1) is 13.1. The van der Waals surface area contributed by atoms with E-state index in [1.54, 1.807) is 51.1 Å². The van der Waals surface area contributed by atoms with E-state index in [9.17, 15) is 14.7 Å². The van der Waals surface area contributed by atoms with Gasteiger partial charge in [0.05, 0.1) is 12.1 Å². The largest absolute Gasteiger partial charge is 0.507 e. The van der Waals surface area contributed by atoms with E-state index in [1.807, 2.05) is 0 Å². The van der Waals surface area contributed by atoms with Gasteiger partial charge in [0.1, 0.15) is 11.4 Å². The Bertz CT molecular complexity index is 957.